The van der Waals surface area contributed by atoms with Crippen LogP contribution in [-0.2, 0) is 16.1 Å². The number of nitrogens with one attached hydrogen (secondary N) is 2. The first-order chi connectivity index (χ1) is 11.0. The molecule has 0 bridgehead atoms. The number of hydrogen-bond acceptors (Lipinski definition) is 5. The molecule has 1 heterocycles. The number of halogens is 1. The second-order valence-electron chi connectivity index (χ2n) is 4.55. The molecule has 0 atom stereocenters. The van der Waals surface area contributed by atoms with Crippen LogP contribution in [0.2, 0.25) is 0 Å². The number of nitrogens with zero attached hydrogens (tertiary/aromatic N) is 2. The highest BCUT2D eigenvalue weighted by Gasteiger charge is 2.08. The van der Waals surface area contributed by atoms with Crippen LogP contribution in [0.4, 0.5) is 4.79 Å². The van der Waals surface area contributed by atoms with E-state index in [-0.39, 0.29) is 25.1 Å². The van der Waals surface area contributed by atoms with Gasteiger partial charge in [0, 0.05) is 17.4 Å². The molecule has 1 aromatic carbocycles. The van der Waals surface area contributed by atoms with E-state index >= 15 is 0 Å². The van der Waals surface area contributed by atoms with Gasteiger partial charge in [-0.1, -0.05) is 15.9 Å². The average Bonchev–Trinajstić information content (AvgIpc) is 2.53. The lowest BCUT2D eigenvalue weighted by Crippen LogP contribution is -2.42. The molecule has 0 saturated heterocycles. The van der Waals surface area contributed by atoms with Crippen molar-refractivity contribution in [2.24, 2.45) is 0 Å². The standard InChI is InChI=1S/C14H15BrN4O4/c1-2-23-14(22)18-17-12(20)5-6-19-8-16-11-4-3-9(15)7-10(11)13(19)21/h3-4,7-8H,2,5-6H2,1H3,(H,17,20)(H,18,22). The highest BCUT2D eigenvalue weighted by molar-refractivity contribution is 9.10. The normalized spacial score (nSPS) is 10.3. The average molecular weight is 383 g/mol. The number of fused-ring (bicyclic) bond motifs is 1. The number of rotatable bonds is 4. The van der Waals surface area contributed by atoms with Gasteiger partial charge in [0.2, 0.25) is 5.91 Å². The van der Waals surface area contributed by atoms with Crippen LogP contribution in [0.3, 0.4) is 0 Å². The first kappa shape index (κ1) is 16.9. The molecule has 1 aromatic heterocycles. The number of aromatic nitrogens is 2. The molecule has 0 fully saturated rings. The van der Waals surface area contributed by atoms with Crippen molar-refractivity contribution < 1.29 is 14.3 Å². The van der Waals surface area contributed by atoms with Crippen LogP contribution in [0, 0.1) is 0 Å². The fraction of sp³-hybridized carbons (Fsp3) is 0.286. The van der Waals surface area contributed by atoms with E-state index in [0.29, 0.717) is 10.9 Å². The zero-order valence-corrected chi connectivity index (χ0v) is 13.9. The Morgan fingerprint density at radius 1 is 1.35 bits per heavy atom. The predicted molar refractivity (Wildman–Crippen MR) is 86.6 cm³/mol. The lowest BCUT2D eigenvalue weighted by atomic mass is 10.2. The molecule has 2 aromatic rings. The highest BCUT2D eigenvalue weighted by Crippen LogP contribution is 2.14. The van der Waals surface area contributed by atoms with Crippen molar-refractivity contribution >= 4 is 38.8 Å². The van der Waals surface area contributed by atoms with Gasteiger partial charge >= 0.3 is 6.09 Å². The molecular weight excluding hydrogens is 368 g/mol. The molecule has 0 aliphatic rings. The van der Waals surface area contributed by atoms with Crippen molar-refractivity contribution in [1.29, 1.82) is 0 Å². The predicted octanol–water partition coefficient (Wildman–Crippen LogP) is 1.33. The van der Waals surface area contributed by atoms with Crippen LogP contribution < -0.4 is 16.4 Å². The monoisotopic (exact) mass is 382 g/mol. The summed E-state index contributed by atoms with van der Waals surface area (Å²) in [5.74, 6) is -0.445. The minimum absolute atomic E-state index is 0.00744. The molecule has 2 amide bonds. The number of carbonyl (C=O) groups excluding carboxylic acids is 2. The number of aryl methyl sites for hydroxylation is 1. The minimum atomic E-state index is -0.741. The van der Waals surface area contributed by atoms with E-state index in [1.807, 2.05) is 0 Å². The van der Waals surface area contributed by atoms with E-state index in [4.69, 9.17) is 0 Å². The summed E-state index contributed by atoms with van der Waals surface area (Å²) in [6.07, 6.45) is 0.660. The zero-order valence-electron chi connectivity index (χ0n) is 12.3. The molecule has 0 aliphatic carbocycles. The van der Waals surface area contributed by atoms with E-state index < -0.39 is 12.0 Å². The van der Waals surface area contributed by atoms with Crippen LogP contribution >= 0.6 is 15.9 Å². The maximum absolute atomic E-state index is 12.3. The van der Waals surface area contributed by atoms with Crippen molar-refractivity contribution in [3.8, 4) is 0 Å². The van der Waals surface area contributed by atoms with Gasteiger partial charge in [0.1, 0.15) is 0 Å². The number of carbonyl (C=O) groups is 2. The molecule has 0 spiro atoms. The summed E-state index contributed by atoms with van der Waals surface area (Å²) in [6.45, 7) is 2.00. The summed E-state index contributed by atoms with van der Waals surface area (Å²) >= 11 is 3.31. The topological polar surface area (TPSA) is 102 Å². The Labute approximate surface area is 139 Å². The van der Waals surface area contributed by atoms with E-state index in [1.165, 1.54) is 10.9 Å². The molecule has 0 radical (unpaired) electrons. The maximum Gasteiger partial charge on any atom is 0.426 e. The zero-order chi connectivity index (χ0) is 16.8. The van der Waals surface area contributed by atoms with Crippen molar-refractivity contribution in [3.63, 3.8) is 0 Å². The summed E-state index contributed by atoms with van der Waals surface area (Å²) in [4.78, 5) is 39.2. The summed E-state index contributed by atoms with van der Waals surface area (Å²) in [6, 6.07) is 5.22. The third-order valence-electron chi connectivity index (χ3n) is 2.95. The Kier molecular flexibility index (Phi) is 5.69. The minimum Gasteiger partial charge on any atom is -0.449 e. The van der Waals surface area contributed by atoms with Crippen molar-refractivity contribution in [3.05, 3.63) is 39.4 Å². The fourth-order valence-corrected chi connectivity index (χ4v) is 2.22. The van der Waals surface area contributed by atoms with E-state index in [2.05, 4.69) is 36.5 Å². The first-order valence-corrected chi connectivity index (χ1v) is 7.67. The summed E-state index contributed by atoms with van der Waals surface area (Å²) in [5.41, 5.74) is 4.65. The number of hydrazine groups is 1. The molecule has 0 saturated carbocycles. The summed E-state index contributed by atoms with van der Waals surface area (Å²) < 4.78 is 6.72. The van der Waals surface area contributed by atoms with Gasteiger partial charge in [-0.2, -0.15) is 0 Å². The number of hydrogen-bond donors (Lipinski definition) is 2. The summed E-state index contributed by atoms with van der Waals surface area (Å²) in [7, 11) is 0. The van der Waals surface area contributed by atoms with Crippen LogP contribution in [0.1, 0.15) is 13.3 Å². The van der Waals surface area contributed by atoms with Gasteiger partial charge < -0.3 is 4.74 Å². The highest BCUT2D eigenvalue weighted by atomic mass is 79.9. The molecule has 8 nitrogen and oxygen atoms in total. The maximum atomic E-state index is 12.3. The lowest BCUT2D eigenvalue weighted by molar-refractivity contribution is -0.122. The number of benzene rings is 1. The molecule has 0 aliphatic heterocycles. The second-order valence-corrected chi connectivity index (χ2v) is 5.46. The largest absolute Gasteiger partial charge is 0.449 e. The van der Waals surface area contributed by atoms with Crippen molar-refractivity contribution in [1.82, 2.24) is 20.4 Å². The Morgan fingerprint density at radius 2 is 2.13 bits per heavy atom. The van der Waals surface area contributed by atoms with Gasteiger partial charge in [-0.05, 0) is 25.1 Å². The number of ether oxygens (including phenoxy) is 1. The third kappa shape index (κ3) is 4.52. The molecule has 0 unspecified atom stereocenters. The lowest BCUT2D eigenvalue weighted by Gasteiger charge is -2.08. The van der Waals surface area contributed by atoms with Gasteiger partial charge in [0.05, 0.1) is 23.8 Å². The summed E-state index contributed by atoms with van der Waals surface area (Å²) in [5, 5.41) is 0.465. The van der Waals surface area contributed by atoms with Crippen LogP contribution in [-0.4, -0.2) is 28.2 Å². The van der Waals surface area contributed by atoms with Crippen molar-refractivity contribution in [2.75, 3.05) is 6.61 Å². The molecule has 9 heteroatoms. The van der Waals surface area contributed by atoms with Gasteiger partial charge in [-0.3, -0.25) is 19.6 Å². The third-order valence-corrected chi connectivity index (χ3v) is 3.44. The molecule has 2 rings (SSSR count). The van der Waals surface area contributed by atoms with Gasteiger partial charge in [0.25, 0.3) is 5.56 Å². The quantitative estimate of drug-likeness (QED) is 0.776. The van der Waals surface area contributed by atoms with E-state index in [9.17, 15) is 14.4 Å². The molecule has 2 N–H and O–H groups in total. The molecular formula is C14H15BrN4O4. The first-order valence-electron chi connectivity index (χ1n) is 6.87. The molecule has 23 heavy (non-hydrogen) atoms. The Bertz CT molecular complexity index is 790. The van der Waals surface area contributed by atoms with Gasteiger partial charge in [-0.25, -0.2) is 15.2 Å². The van der Waals surface area contributed by atoms with E-state index in [0.717, 1.165) is 4.47 Å². The van der Waals surface area contributed by atoms with Crippen LogP contribution in [0.25, 0.3) is 10.9 Å². The van der Waals surface area contributed by atoms with Crippen LogP contribution in [0.5, 0.6) is 0 Å². The fourth-order valence-electron chi connectivity index (χ4n) is 1.86. The van der Waals surface area contributed by atoms with E-state index in [1.54, 1.807) is 25.1 Å². The second kappa shape index (κ2) is 7.73. The SMILES string of the molecule is CCOC(=O)NNC(=O)CCn1cnc2ccc(Br)cc2c1=O. The number of amides is 2. The Hall–Kier alpha value is -2.42. The Morgan fingerprint density at radius 3 is 2.87 bits per heavy atom. The van der Waals surface area contributed by atoms with Crippen molar-refractivity contribution in [2.45, 2.75) is 19.9 Å². The van der Waals surface area contributed by atoms with Gasteiger partial charge in [0.15, 0.2) is 0 Å². The van der Waals surface area contributed by atoms with Gasteiger partial charge in [-0.15, -0.1) is 0 Å². The Balaban J connectivity index is 1.99. The van der Waals surface area contributed by atoms with Crippen LogP contribution in [0.15, 0.2) is 33.8 Å². The smallest absolute Gasteiger partial charge is 0.426 e. The molecule has 122 valence electrons.